The van der Waals surface area contributed by atoms with Crippen LogP contribution in [0.15, 0.2) is 52.3 Å². The molecule has 0 spiro atoms. The predicted molar refractivity (Wildman–Crippen MR) is 95.5 cm³/mol. The van der Waals surface area contributed by atoms with Crippen molar-refractivity contribution in [3.05, 3.63) is 54.2 Å². The number of aromatic nitrogens is 1. The van der Waals surface area contributed by atoms with Crippen LogP contribution in [0, 0.1) is 0 Å². The highest BCUT2D eigenvalue weighted by Gasteiger charge is 2.24. The minimum absolute atomic E-state index is 0.0517. The summed E-state index contributed by atoms with van der Waals surface area (Å²) in [5.74, 6) is 1.21. The number of rotatable bonds is 4. The molecule has 0 bridgehead atoms. The zero-order valence-corrected chi connectivity index (χ0v) is 14.4. The molecule has 7 heteroatoms. The summed E-state index contributed by atoms with van der Waals surface area (Å²) >= 11 is 0. The van der Waals surface area contributed by atoms with Crippen molar-refractivity contribution in [3.8, 4) is 0 Å². The second-order valence-corrected chi connectivity index (χ2v) is 5.84. The van der Waals surface area contributed by atoms with Gasteiger partial charge in [0.25, 0.3) is 5.91 Å². The molecule has 3 heterocycles. The second kappa shape index (κ2) is 8.32. The highest BCUT2D eigenvalue weighted by Crippen LogP contribution is 2.09. The third kappa shape index (κ3) is 4.37. The molecule has 1 amide bonds. The van der Waals surface area contributed by atoms with Crippen LogP contribution in [-0.4, -0.2) is 66.4 Å². The summed E-state index contributed by atoms with van der Waals surface area (Å²) in [4.78, 5) is 24.8. The van der Waals surface area contributed by atoms with Crippen molar-refractivity contribution in [3.63, 3.8) is 0 Å². The van der Waals surface area contributed by atoms with Crippen LogP contribution in [0.3, 0.4) is 0 Å². The van der Waals surface area contributed by atoms with Crippen LogP contribution in [0.25, 0.3) is 0 Å². The van der Waals surface area contributed by atoms with Gasteiger partial charge in [-0.25, -0.2) is 0 Å². The van der Waals surface area contributed by atoms with Gasteiger partial charge in [-0.3, -0.25) is 14.8 Å². The molecule has 2 aromatic heterocycles. The third-order valence-corrected chi connectivity index (χ3v) is 4.23. The Labute approximate surface area is 147 Å². The minimum Gasteiger partial charge on any atom is -0.459 e. The zero-order valence-electron chi connectivity index (χ0n) is 14.4. The summed E-state index contributed by atoms with van der Waals surface area (Å²) in [5.41, 5.74) is 1.19. The lowest BCUT2D eigenvalue weighted by molar-refractivity contribution is 0.0658. The van der Waals surface area contributed by atoms with E-state index in [2.05, 4.69) is 26.3 Å². The van der Waals surface area contributed by atoms with Gasteiger partial charge < -0.3 is 19.5 Å². The molecule has 0 unspecified atom stereocenters. The number of aliphatic imine (C=N–C) groups is 1. The number of piperazine rings is 1. The maximum atomic E-state index is 12.3. The number of hydrogen-bond acceptors (Lipinski definition) is 4. The van der Waals surface area contributed by atoms with Crippen LogP contribution in [0.2, 0.25) is 0 Å². The first kappa shape index (κ1) is 17.0. The second-order valence-electron chi connectivity index (χ2n) is 5.84. The predicted octanol–water partition coefficient (Wildman–Crippen LogP) is 1.25. The van der Waals surface area contributed by atoms with Crippen molar-refractivity contribution in [1.29, 1.82) is 0 Å². The Balaban J connectivity index is 1.46. The van der Waals surface area contributed by atoms with Gasteiger partial charge in [-0.05, 0) is 30.2 Å². The Bertz CT molecular complexity index is 692. The maximum absolute atomic E-state index is 12.3. The fraction of sp³-hybridized carbons (Fsp3) is 0.389. The summed E-state index contributed by atoms with van der Waals surface area (Å²) in [6, 6.07) is 7.45. The average molecular weight is 341 g/mol. The van der Waals surface area contributed by atoms with Gasteiger partial charge >= 0.3 is 0 Å². The number of pyridine rings is 1. The van der Waals surface area contributed by atoms with Gasteiger partial charge in [0.15, 0.2) is 11.7 Å². The molecule has 3 rings (SSSR count). The van der Waals surface area contributed by atoms with Crippen LogP contribution in [-0.2, 0) is 6.42 Å². The van der Waals surface area contributed by atoms with Gasteiger partial charge in [0.1, 0.15) is 0 Å². The van der Waals surface area contributed by atoms with Gasteiger partial charge in [0, 0.05) is 52.2 Å². The van der Waals surface area contributed by atoms with Gasteiger partial charge in [-0.2, -0.15) is 0 Å². The molecule has 132 valence electrons. The number of carbonyl (C=O) groups excluding carboxylic acids is 1. The first-order valence-electron chi connectivity index (χ1n) is 8.45. The molecule has 1 N–H and O–H groups in total. The Hall–Kier alpha value is -2.83. The van der Waals surface area contributed by atoms with E-state index in [9.17, 15) is 4.79 Å². The molecule has 1 saturated heterocycles. The highest BCUT2D eigenvalue weighted by atomic mass is 16.3. The van der Waals surface area contributed by atoms with Crippen LogP contribution in [0.5, 0.6) is 0 Å². The number of nitrogens with zero attached hydrogens (tertiary/aromatic N) is 4. The lowest BCUT2D eigenvalue weighted by atomic mass is 10.2. The van der Waals surface area contributed by atoms with Crippen LogP contribution in [0.4, 0.5) is 0 Å². The average Bonchev–Trinajstić information content (AvgIpc) is 3.20. The standard InChI is InChI=1S/C18H23N5O2/c1-19-18(21-8-6-15-4-2-7-20-14-15)23-11-9-22(10-12-23)17(24)16-5-3-13-25-16/h2-5,7,13-14H,6,8-12H2,1H3,(H,19,21). The van der Waals surface area contributed by atoms with E-state index < -0.39 is 0 Å². The molecular weight excluding hydrogens is 318 g/mol. The molecule has 0 aromatic carbocycles. The molecule has 25 heavy (non-hydrogen) atoms. The summed E-state index contributed by atoms with van der Waals surface area (Å²) in [5, 5.41) is 3.39. The van der Waals surface area contributed by atoms with Crippen molar-refractivity contribution in [1.82, 2.24) is 20.1 Å². The largest absolute Gasteiger partial charge is 0.459 e. The first-order chi connectivity index (χ1) is 12.3. The smallest absolute Gasteiger partial charge is 0.289 e. The molecule has 0 aliphatic carbocycles. The Morgan fingerprint density at radius 3 is 2.68 bits per heavy atom. The van der Waals surface area contributed by atoms with Gasteiger partial charge in [-0.15, -0.1) is 0 Å². The number of carbonyl (C=O) groups is 1. The lowest BCUT2D eigenvalue weighted by Gasteiger charge is -2.36. The molecule has 2 aromatic rings. The van der Waals surface area contributed by atoms with E-state index in [1.54, 1.807) is 25.4 Å². The number of amides is 1. The van der Waals surface area contributed by atoms with E-state index in [0.717, 1.165) is 32.0 Å². The van der Waals surface area contributed by atoms with E-state index in [-0.39, 0.29) is 5.91 Å². The van der Waals surface area contributed by atoms with Gasteiger partial charge in [-0.1, -0.05) is 6.07 Å². The molecular formula is C18H23N5O2. The number of guanidine groups is 1. The summed E-state index contributed by atoms with van der Waals surface area (Å²) < 4.78 is 5.19. The monoisotopic (exact) mass is 341 g/mol. The number of nitrogens with one attached hydrogen (secondary N) is 1. The Morgan fingerprint density at radius 2 is 2.04 bits per heavy atom. The fourth-order valence-corrected chi connectivity index (χ4v) is 2.87. The van der Waals surface area contributed by atoms with Crippen LogP contribution < -0.4 is 5.32 Å². The van der Waals surface area contributed by atoms with E-state index >= 15 is 0 Å². The molecule has 1 fully saturated rings. The van der Waals surface area contributed by atoms with Crippen LogP contribution >= 0.6 is 0 Å². The normalized spacial score (nSPS) is 15.3. The van der Waals surface area contributed by atoms with Crippen molar-refractivity contribution in [2.24, 2.45) is 4.99 Å². The third-order valence-electron chi connectivity index (χ3n) is 4.23. The summed E-state index contributed by atoms with van der Waals surface area (Å²) in [6.07, 6.45) is 6.07. The Morgan fingerprint density at radius 1 is 1.24 bits per heavy atom. The van der Waals surface area contributed by atoms with Crippen molar-refractivity contribution >= 4 is 11.9 Å². The van der Waals surface area contributed by atoms with Gasteiger partial charge in [0.05, 0.1) is 6.26 Å². The van der Waals surface area contributed by atoms with Crippen molar-refractivity contribution in [2.45, 2.75) is 6.42 Å². The van der Waals surface area contributed by atoms with Crippen LogP contribution in [0.1, 0.15) is 16.1 Å². The Kier molecular flexibility index (Phi) is 5.66. The molecule has 7 nitrogen and oxygen atoms in total. The molecule has 0 atom stereocenters. The lowest BCUT2D eigenvalue weighted by Crippen LogP contribution is -2.54. The number of hydrogen-bond donors (Lipinski definition) is 1. The summed E-state index contributed by atoms with van der Waals surface area (Å²) in [7, 11) is 1.78. The van der Waals surface area contributed by atoms with Gasteiger partial charge in [0.2, 0.25) is 0 Å². The number of furan rings is 1. The maximum Gasteiger partial charge on any atom is 0.289 e. The topological polar surface area (TPSA) is 74.0 Å². The molecule has 1 aliphatic heterocycles. The van der Waals surface area contributed by atoms with E-state index in [1.807, 2.05) is 17.2 Å². The molecule has 0 radical (unpaired) electrons. The quantitative estimate of drug-likeness (QED) is 0.669. The first-order valence-corrected chi connectivity index (χ1v) is 8.45. The van der Waals surface area contributed by atoms with E-state index in [1.165, 1.54) is 11.8 Å². The van der Waals surface area contributed by atoms with E-state index in [4.69, 9.17) is 4.42 Å². The summed E-state index contributed by atoms with van der Waals surface area (Å²) in [6.45, 7) is 3.60. The van der Waals surface area contributed by atoms with E-state index in [0.29, 0.717) is 18.8 Å². The minimum atomic E-state index is -0.0517. The SMILES string of the molecule is CN=C(NCCc1cccnc1)N1CCN(C(=O)c2ccco2)CC1. The van der Waals surface area contributed by atoms with Crippen molar-refractivity contribution < 1.29 is 9.21 Å². The molecule has 0 saturated carbocycles. The zero-order chi connectivity index (χ0) is 17.5. The molecule has 1 aliphatic rings. The highest BCUT2D eigenvalue weighted by molar-refractivity contribution is 5.91. The fourth-order valence-electron chi connectivity index (χ4n) is 2.87. The van der Waals surface area contributed by atoms with Crippen molar-refractivity contribution in [2.75, 3.05) is 39.8 Å².